The number of carboxylic acid groups (broad SMARTS) is 1. The number of aliphatic hydroxyl groups excluding tert-OH is 1. The minimum atomic E-state index is -1.01. The van der Waals surface area contributed by atoms with Crippen LogP contribution in [0.3, 0.4) is 0 Å². The van der Waals surface area contributed by atoms with E-state index in [4.69, 9.17) is 5.11 Å². The van der Waals surface area contributed by atoms with Crippen molar-refractivity contribution in [2.75, 3.05) is 19.7 Å². The Kier molecular flexibility index (Phi) is 6.12. The van der Waals surface area contributed by atoms with Crippen molar-refractivity contribution in [2.45, 2.75) is 50.4 Å². The van der Waals surface area contributed by atoms with Crippen molar-refractivity contribution in [3.63, 3.8) is 0 Å². The molecule has 0 bridgehead atoms. The molecule has 150 valence electrons. The van der Waals surface area contributed by atoms with Crippen molar-refractivity contribution >= 4 is 29.5 Å². The first-order valence-electron chi connectivity index (χ1n) is 9.44. The van der Waals surface area contributed by atoms with E-state index in [-0.39, 0.29) is 41.3 Å². The molecule has 0 aromatic carbocycles. The highest BCUT2D eigenvalue weighted by atomic mass is 32.2. The summed E-state index contributed by atoms with van der Waals surface area (Å²) in [5.41, 5.74) is 0.190. The van der Waals surface area contributed by atoms with Gasteiger partial charge in [0.25, 0.3) is 0 Å². The fourth-order valence-corrected chi connectivity index (χ4v) is 5.80. The van der Waals surface area contributed by atoms with E-state index < -0.39 is 5.97 Å². The van der Waals surface area contributed by atoms with Gasteiger partial charge in [-0.2, -0.15) is 0 Å². The molecule has 27 heavy (non-hydrogen) atoms. The molecule has 9 heteroatoms. The van der Waals surface area contributed by atoms with Gasteiger partial charge in [-0.3, -0.25) is 9.59 Å². The molecule has 0 aliphatic carbocycles. The summed E-state index contributed by atoms with van der Waals surface area (Å²) in [5, 5.41) is 23.8. The quantitative estimate of drug-likeness (QED) is 0.498. The molecule has 0 radical (unpaired) electrons. The molecule has 4 aliphatic rings. The Morgan fingerprint density at radius 1 is 1.30 bits per heavy atom. The summed E-state index contributed by atoms with van der Waals surface area (Å²) >= 11 is 1.61. The standard InChI is InChI=1S/C16H21N3O4S.C2H6O/c1-7-11-4-13(21)19(11)14(16(22)23)15(7)24-9-3-10(17-6-9)8-2-12(20)18-5-8;1-2-3/h7-11,17H,2-6H2,1H3,(H,18,20)(H,22,23);3H,2H2,1H3. The molecule has 0 aromatic rings. The summed E-state index contributed by atoms with van der Waals surface area (Å²) in [6, 6.07) is 0.318. The molecule has 4 N–H and O–H groups in total. The maximum absolute atomic E-state index is 11.8. The number of hydrogen-bond donors (Lipinski definition) is 4. The second-order valence-corrected chi connectivity index (χ2v) is 8.76. The summed E-state index contributed by atoms with van der Waals surface area (Å²) in [6.45, 7) is 5.47. The molecule has 0 spiro atoms. The van der Waals surface area contributed by atoms with Crippen LogP contribution in [-0.2, 0) is 14.4 Å². The van der Waals surface area contributed by atoms with Crippen LogP contribution in [0.25, 0.3) is 0 Å². The average molecular weight is 397 g/mol. The monoisotopic (exact) mass is 397 g/mol. The number of β-lactam (4-membered cyclic amide) rings is 1. The number of amides is 2. The number of aliphatic carboxylic acids is 1. The highest BCUT2D eigenvalue weighted by Crippen LogP contribution is 2.49. The topological polar surface area (TPSA) is 119 Å². The molecule has 0 aromatic heterocycles. The van der Waals surface area contributed by atoms with Gasteiger partial charge in [0.1, 0.15) is 5.70 Å². The lowest BCUT2D eigenvalue weighted by atomic mass is 9.94. The number of fused-ring (bicyclic) bond motifs is 1. The molecule has 5 atom stereocenters. The number of nitrogens with one attached hydrogen (secondary N) is 2. The number of aliphatic hydroxyl groups is 1. The molecule has 4 heterocycles. The summed E-state index contributed by atoms with van der Waals surface area (Å²) in [6.07, 6.45) is 1.94. The van der Waals surface area contributed by atoms with Gasteiger partial charge >= 0.3 is 5.97 Å². The highest BCUT2D eigenvalue weighted by molar-refractivity contribution is 8.03. The molecule has 2 amide bonds. The van der Waals surface area contributed by atoms with Crippen LogP contribution in [0.4, 0.5) is 0 Å². The molecule has 4 aliphatic heterocycles. The van der Waals surface area contributed by atoms with E-state index in [9.17, 15) is 19.5 Å². The van der Waals surface area contributed by atoms with Crippen molar-refractivity contribution in [3.8, 4) is 0 Å². The van der Waals surface area contributed by atoms with Crippen LogP contribution in [0.15, 0.2) is 10.6 Å². The van der Waals surface area contributed by atoms with Crippen LogP contribution in [-0.4, -0.2) is 69.9 Å². The van der Waals surface area contributed by atoms with Crippen molar-refractivity contribution in [1.29, 1.82) is 0 Å². The first kappa shape index (κ1) is 20.2. The lowest BCUT2D eigenvalue weighted by molar-refractivity contribution is -0.148. The van der Waals surface area contributed by atoms with Crippen LogP contribution < -0.4 is 10.6 Å². The molecule has 8 nitrogen and oxygen atoms in total. The van der Waals surface area contributed by atoms with Crippen molar-refractivity contribution in [2.24, 2.45) is 11.8 Å². The fraction of sp³-hybridized carbons (Fsp3) is 0.722. The van der Waals surface area contributed by atoms with Crippen LogP contribution in [0.1, 0.15) is 33.1 Å². The van der Waals surface area contributed by atoms with E-state index in [1.165, 1.54) is 4.90 Å². The van der Waals surface area contributed by atoms with Crippen molar-refractivity contribution in [1.82, 2.24) is 15.5 Å². The smallest absolute Gasteiger partial charge is 0.353 e. The number of carbonyl (C=O) groups is 3. The maximum Gasteiger partial charge on any atom is 0.353 e. The Labute approximate surface area is 162 Å². The van der Waals surface area contributed by atoms with Crippen LogP contribution in [0.5, 0.6) is 0 Å². The third kappa shape index (κ3) is 3.86. The summed E-state index contributed by atoms with van der Waals surface area (Å²) < 4.78 is 0. The van der Waals surface area contributed by atoms with Gasteiger partial charge in [0.2, 0.25) is 11.8 Å². The Morgan fingerprint density at radius 3 is 2.56 bits per heavy atom. The highest BCUT2D eigenvalue weighted by Gasteiger charge is 2.52. The molecule has 5 unspecified atom stereocenters. The largest absolute Gasteiger partial charge is 0.477 e. The first-order valence-corrected chi connectivity index (χ1v) is 10.3. The minimum Gasteiger partial charge on any atom is -0.477 e. The van der Waals surface area contributed by atoms with E-state index in [1.807, 2.05) is 6.92 Å². The van der Waals surface area contributed by atoms with Crippen molar-refractivity contribution < 1.29 is 24.6 Å². The van der Waals surface area contributed by atoms with Gasteiger partial charge in [-0.25, -0.2) is 4.79 Å². The lowest BCUT2D eigenvalue weighted by Crippen LogP contribution is -2.51. The van der Waals surface area contributed by atoms with E-state index in [1.54, 1.807) is 18.7 Å². The first-order chi connectivity index (χ1) is 12.9. The van der Waals surface area contributed by atoms with Gasteiger partial charge in [0.05, 0.1) is 6.04 Å². The SMILES string of the molecule is CC1C(SC2CNC(C3CNC(=O)C3)C2)=C(C(=O)O)N2C(=O)CC12.CCO. The van der Waals surface area contributed by atoms with E-state index in [2.05, 4.69) is 10.6 Å². The zero-order valence-electron chi connectivity index (χ0n) is 15.6. The fourth-order valence-electron chi connectivity index (χ4n) is 4.29. The Balaban J connectivity index is 0.000000659. The number of nitrogens with zero attached hydrogens (tertiary/aromatic N) is 1. The third-order valence-electron chi connectivity index (χ3n) is 5.65. The normalized spacial score (nSPS) is 34.8. The predicted octanol–water partition coefficient (Wildman–Crippen LogP) is 0.132. The molecule has 4 rings (SSSR count). The van der Waals surface area contributed by atoms with E-state index in [0.717, 1.165) is 24.4 Å². The number of hydrogen-bond acceptors (Lipinski definition) is 6. The van der Waals surface area contributed by atoms with Crippen LogP contribution in [0, 0.1) is 11.8 Å². The zero-order valence-corrected chi connectivity index (χ0v) is 16.4. The average Bonchev–Trinajstić information content (AvgIpc) is 3.28. The van der Waals surface area contributed by atoms with E-state index in [0.29, 0.717) is 24.8 Å². The summed E-state index contributed by atoms with van der Waals surface area (Å²) in [5.74, 6) is -0.571. The Bertz CT molecular complexity index is 667. The van der Waals surface area contributed by atoms with Gasteiger partial charge < -0.3 is 25.7 Å². The number of rotatable bonds is 4. The van der Waals surface area contributed by atoms with Gasteiger partial charge in [-0.1, -0.05) is 6.92 Å². The predicted molar refractivity (Wildman–Crippen MR) is 101 cm³/mol. The van der Waals surface area contributed by atoms with Crippen LogP contribution in [0.2, 0.25) is 0 Å². The van der Waals surface area contributed by atoms with Crippen LogP contribution >= 0.6 is 11.8 Å². The minimum absolute atomic E-state index is 0.0212. The summed E-state index contributed by atoms with van der Waals surface area (Å²) in [4.78, 5) is 37.1. The molecule has 3 saturated heterocycles. The van der Waals surface area contributed by atoms with E-state index >= 15 is 0 Å². The Hall–Kier alpha value is -1.58. The van der Waals surface area contributed by atoms with Gasteiger partial charge in [0.15, 0.2) is 0 Å². The summed E-state index contributed by atoms with van der Waals surface area (Å²) in [7, 11) is 0. The molecule has 3 fully saturated rings. The van der Waals surface area contributed by atoms with Gasteiger partial charge in [-0.05, 0) is 13.3 Å². The second kappa shape index (κ2) is 8.20. The Morgan fingerprint density at radius 2 is 2.00 bits per heavy atom. The van der Waals surface area contributed by atoms with Gasteiger partial charge in [0, 0.05) is 60.6 Å². The molecular weight excluding hydrogens is 370 g/mol. The number of thioether (sulfide) groups is 1. The second-order valence-electron chi connectivity index (χ2n) is 7.42. The maximum atomic E-state index is 11.8. The number of carboxylic acids is 1. The van der Waals surface area contributed by atoms with Crippen molar-refractivity contribution in [3.05, 3.63) is 10.6 Å². The zero-order chi connectivity index (χ0) is 19.7. The third-order valence-corrected chi connectivity index (χ3v) is 7.16. The molecular formula is C18H27N3O5S. The lowest BCUT2D eigenvalue weighted by Gasteiger charge is -2.37. The number of carbonyl (C=O) groups excluding carboxylic acids is 2. The van der Waals surface area contributed by atoms with Gasteiger partial charge in [-0.15, -0.1) is 11.8 Å². The molecule has 0 saturated carbocycles.